The molecular weight excluding hydrogens is 388 g/mol. The maximum atomic E-state index is 13.3. The van der Waals surface area contributed by atoms with Gasteiger partial charge in [-0.2, -0.15) is 0 Å². The van der Waals surface area contributed by atoms with Crippen molar-refractivity contribution in [2.75, 3.05) is 0 Å². The summed E-state index contributed by atoms with van der Waals surface area (Å²) in [6.45, 7) is 1.74. The van der Waals surface area contributed by atoms with E-state index >= 15 is 0 Å². The third kappa shape index (κ3) is 3.22. The van der Waals surface area contributed by atoms with Crippen molar-refractivity contribution in [2.45, 2.75) is 43.8 Å². The second kappa shape index (κ2) is 6.72. The van der Waals surface area contributed by atoms with E-state index in [0.717, 1.165) is 25.7 Å². The summed E-state index contributed by atoms with van der Waals surface area (Å²) in [5.41, 5.74) is 2.01. The lowest BCUT2D eigenvalue weighted by Gasteiger charge is -2.19. The highest BCUT2D eigenvalue weighted by molar-refractivity contribution is 7.79. The van der Waals surface area contributed by atoms with Crippen molar-refractivity contribution in [1.29, 1.82) is 0 Å². The van der Waals surface area contributed by atoms with Gasteiger partial charge in [-0.05, 0) is 61.8 Å². The van der Waals surface area contributed by atoms with Gasteiger partial charge < -0.3 is 4.55 Å². The molecule has 1 aromatic carbocycles. The molecule has 27 heavy (non-hydrogen) atoms. The number of ketones is 1. The molecule has 2 aliphatic rings. The van der Waals surface area contributed by atoms with Crippen LogP contribution < -0.4 is 5.56 Å². The second-order valence-corrected chi connectivity index (χ2v) is 9.00. The van der Waals surface area contributed by atoms with Gasteiger partial charge in [0.25, 0.3) is 5.56 Å². The first-order chi connectivity index (χ1) is 12.8. The smallest absolute Gasteiger partial charge is 0.277 e. The third-order valence-corrected chi connectivity index (χ3v) is 6.93. The molecule has 0 aliphatic heterocycles. The van der Waals surface area contributed by atoms with Crippen molar-refractivity contribution in [1.82, 2.24) is 9.78 Å². The lowest BCUT2D eigenvalue weighted by Crippen LogP contribution is -2.21. The molecule has 0 radical (unpaired) electrons. The van der Waals surface area contributed by atoms with Crippen molar-refractivity contribution in [3.05, 3.63) is 55.5 Å². The van der Waals surface area contributed by atoms with Crippen LogP contribution in [0.3, 0.4) is 0 Å². The lowest BCUT2D eigenvalue weighted by molar-refractivity contribution is 0.103. The molecule has 0 amide bonds. The highest BCUT2D eigenvalue weighted by Gasteiger charge is 2.39. The average Bonchev–Trinajstić information content (AvgIpc) is 3.51. The normalized spacial score (nSPS) is 19.1. The van der Waals surface area contributed by atoms with Gasteiger partial charge in [-0.25, -0.2) is 4.21 Å². The van der Waals surface area contributed by atoms with E-state index in [9.17, 15) is 18.4 Å². The number of benzene rings is 1. The minimum Gasteiger partial charge on any atom is -0.306 e. The number of hydrogen-bond donors (Lipinski definition) is 2. The molecule has 2 saturated carbocycles. The standard InChI is InChI=1S/C19H21ClN2O4S/c1-9-12(7-8-13(20)14(9)18(27(25)26)11-5-6-11)17(23)15-16(10-3-4-10)21-22(2)19(15)24/h7-8,10-11,18,21H,3-6H2,1-2H3,(H,25,26). The van der Waals surface area contributed by atoms with Gasteiger partial charge in [0, 0.05) is 23.6 Å². The van der Waals surface area contributed by atoms with Crippen LogP contribution in [0.1, 0.15) is 69.6 Å². The Labute approximate surface area is 164 Å². The van der Waals surface area contributed by atoms with Crippen LogP contribution in [-0.4, -0.2) is 24.3 Å². The van der Waals surface area contributed by atoms with Gasteiger partial charge in [0.15, 0.2) is 11.1 Å². The summed E-state index contributed by atoms with van der Waals surface area (Å²) in [7, 11) is 1.60. The largest absolute Gasteiger partial charge is 0.306 e. The number of hydrogen-bond acceptors (Lipinski definition) is 3. The molecular formula is C19H21ClN2O4S. The molecule has 2 unspecified atom stereocenters. The lowest BCUT2D eigenvalue weighted by atomic mass is 9.92. The van der Waals surface area contributed by atoms with Crippen LogP contribution in [0.5, 0.6) is 0 Å². The number of aryl methyl sites for hydroxylation is 1. The molecule has 2 aliphatic carbocycles. The number of carbonyl (C=O) groups excluding carboxylic acids is 1. The molecule has 1 heterocycles. The summed E-state index contributed by atoms with van der Waals surface area (Å²) in [4.78, 5) is 25.8. The Bertz CT molecular complexity index is 1020. The fourth-order valence-electron chi connectivity index (χ4n) is 3.78. The van der Waals surface area contributed by atoms with Crippen molar-refractivity contribution in [3.63, 3.8) is 0 Å². The van der Waals surface area contributed by atoms with Crippen molar-refractivity contribution in [3.8, 4) is 0 Å². The van der Waals surface area contributed by atoms with Crippen LogP contribution in [0.25, 0.3) is 0 Å². The summed E-state index contributed by atoms with van der Waals surface area (Å²) in [5, 5.41) is 2.78. The van der Waals surface area contributed by atoms with Crippen LogP contribution in [-0.2, 0) is 18.1 Å². The molecule has 4 rings (SSSR count). The number of aromatic amines is 1. The van der Waals surface area contributed by atoms with Gasteiger partial charge in [0.2, 0.25) is 5.78 Å². The number of nitrogens with one attached hydrogen (secondary N) is 1. The summed E-state index contributed by atoms with van der Waals surface area (Å²) in [6.07, 6.45) is 3.65. The van der Waals surface area contributed by atoms with Gasteiger partial charge in [-0.15, -0.1) is 0 Å². The zero-order valence-corrected chi connectivity index (χ0v) is 16.7. The molecule has 1 aromatic heterocycles. The Morgan fingerprint density at radius 3 is 2.56 bits per heavy atom. The molecule has 144 valence electrons. The highest BCUT2D eigenvalue weighted by Crippen LogP contribution is 2.47. The first kappa shape index (κ1) is 18.7. The zero-order chi connectivity index (χ0) is 19.5. The van der Waals surface area contributed by atoms with Crippen LogP contribution in [0.15, 0.2) is 16.9 Å². The molecule has 0 bridgehead atoms. The molecule has 2 atom stereocenters. The minimum atomic E-state index is -2.08. The Morgan fingerprint density at radius 1 is 1.33 bits per heavy atom. The van der Waals surface area contributed by atoms with E-state index in [-0.39, 0.29) is 28.7 Å². The Balaban J connectivity index is 1.84. The zero-order valence-electron chi connectivity index (χ0n) is 15.1. The average molecular weight is 409 g/mol. The van der Waals surface area contributed by atoms with Gasteiger partial charge in [0.05, 0.1) is 10.9 Å². The van der Waals surface area contributed by atoms with Gasteiger partial charge in [0.1, 0.15) is 5.56 Å². The highest BCUT2D eigenvalue weighted by atomic mass is 35.5. The van der Waals surface area contributed by atoms with Crippen molar-refractivity contribution in [2.24, 2.45) is 13.0 Å². The Morgan fingerprint density at radius 2 is 2.00 bits per heavy atom. The Kier molecular flexibility index (Phi) is 4.64. The van der Waals surface area contributed by atoms with Gasteiger partial charge >= 0.3 is 0 Å². The van der Waals surface area contributed by atoms with E-state index in [1.54, 1.807) is 26.1 Å². The van der Waals surface area contributed by atoms with Crippen LogP contribution in [0.2, 0.25) is 5.02 Å². The van der Waals surface area contributed by atoms with E-state index in [0.29, 0.717) is 27.4 Å². The predicted molar refractivity (Wildman–Crippen MR) is 104 cm³/mol. The van der Waals surface area contributed by atoms with Crippen molar-refractivity contribution < 1.29 is 13.6 Å². The first-order valence-corrected chi connectivity index (χ1v) is 10.6. The summed E-state index contributed by atoms with van der Waals surface area (Å²) in [6, 6.07) is 3.20. The monoisotopic (exact) mass is 408 g/mol. The number of rotatable bonds is 6. The molecule has 2 N–H and O–H groups in total. The van der Waals surface area contributed by atoms with Crippen LogP contribution in [0.4, 0.5) is 0 Å². The fourth-order valence-corrected chi connectivity index (χ4v) is 5.28. The second-order valence-electron chi connectivity index (χ2n) is 7.54. The van der Waals surface area contributed by atoms with Crippen LogP contribution >= 0.6 is 11.6 Å². The summed E-state index contributed by atoms with van der Waals surface area (Å²) >= 11 is 4.28. The number of aromatic nitrogens is 2. The topological polar surface area (TPSA) is 92.2 Å². The van der Waals surface area contributed by atoms with Crippen LogP contribution in [0, 0.1) is 12.8 Å². The maximum Gasteiger partial charge on any atom is 0.277 e. The minimum absolute atomic E-state index is 0.0968. The predicted octanol–water partition coefficient (Wildman–Crippen LogP) is 3.46. The first-order valence-electron chi connectivity index (χ1n) is 9.03. The number of nitrogens with zero attached hydrogens (tertiary/aromatic N) is 1. The maximum absolute atomic E-state index is 13.3. The van der Waals surface area contributed by atoms with Crippen molar-refractivity contribution >= 4 is 28.5 Å². The molecule has 0 saturated heterocycles. The van der Waals surface area contributed by atoms with E-state index in [1.807, 2.05) is 0 Å². The van der Waals surface area contributed by atoms with E-state index in [4.69, 9.17) is 11.6 Å². The molecule has 2 aromatic rings. The van der Waals surface area contributed by atoms with E-state index in [2.05, 4.69) is 5.10 Å². The number of carbonyl (C=O) groups is 1. The van der Waals surface area contributed by atoms with Gasteiger partial charge in [-0.1, -0.05) is 11.6 Å². The molecule has 8 heteroatoms. The molecule has 2 fully saturated rings. The van der Waals surface area contributed by atoms with E-state index in [1.165, 1.54) is 4.68 Å². The quantitative estimate of drug-likeness (QED) is 0.565. The number of H-pyrrole nitrogens is 1. The molecule has 6 nitrogen and oxygen atoms in total. The number of halogens is 1. The summed E-state index contributed by atoms with van der Waals surface area (Å²) < 4.78 is 23.1. The van der Waals surface area contributed by atoms with E-state index < -0.39 is 16.3 Å². The SMILES string of the molecule is Cc1c(C(=O)c2c(C3CC3)[nH]n(C)c2=O)ccc(Cl)c1C(C1CC1)S(=O)O. The molecule has 0 spiro atoms. The fraction of sp³-hybridized carbons (Fsp3) is 0.474. The summed E-state index contributed by atoms with van der Waals surface area (Å²) in [5.74, 6) is -0.0407. The van der Waals surface area contributed by atoms with Gasteiger partial charge in [-0.3, -0.25) is 19.4 Å². The third-order valence-electron chi connectivity index (χ3n) is 5.55. The Hall–Kier alpha value is -1.70.